The molecule has 0 radical (unpaired) electrons. The van der Waals surface area contributed by atoms with Gasteiger partial charge in [-0.2, -0.15) is 0 Å². The number of anilines is 1. The maximum Gasteiger partial charge on any atom is 0.242 e. The van der Waals surface area contributed by atoms with Crippen LogP contribution >= 0.6 is 0 Å². The van der Waals surface area contributed by atoms with Gasteiger partial charge in [-0.1, -0.05) is 6.08 Å². The van der Waals surface area contributed by atoms with Crippen molar-refractivity contribution in [3.8, 4) is 0 Å². The predicted octanol–water partition coefficient (Wildman–Crippen LogP) is 0.978. The lowest BCUT2D eigenvalue weighted by atomic mass is 10.4. The summed E-state index contributed by atoms with van der Waals surface area (Å²) < 4.78 is 25.8. The van der Waals surface area contributed by atoms with E-state index in [2.05, 4.69) is 21.6 Å². The molecule has 1 rings (SSSR count). The number of nitrogens with one attached hydrogen (secondary N) is 2. The van der Waals surface area contributed by atoms with Gasteiger partial charge in [-0.3, -0.25) is 4.98 Å². The number of nitrogens with zero attached hydrogens (tertiary/aromatic N) is 1. The molecule has 0 aliphatic carbocycles. The second-order valence-electron chi connectivity index (χ2n) is 3.08. The molecule has 0 atom stereocenters. The molecule has 0 saturated carbocycles. The third kappa shape index (κ3) is 3.32. The molecule has 0 aliphatic heterocycles. The second kappa shape index (κ2) is 5.62. The third-order valence-corrected chi connectivity index (χ3v) is 3.21. The van der Waals surface area contributed by atoms with Crippen LogP contribution < -0.4 is 10.0 Å². The molecule has 1 aromatic heterocycles. The van der Waals surface area contributed by atoms with Crippen molar-refractivity contribution in [1.29, 1.82) is 0 Å². The van der Waals surface area contributed by atoms with E-state index in [4.69, 9.17) is 0 Å². The Morgan fingerprint density at radius 2 is 2.25 bits per heavy atom. The van der Waals surface area contributed by atoms with E-state index in [1.165, 1.54) is 12.3 Å². The molecule has 0 unspecified atom stereocenters. The van der Waals surface area contributed by atoms with E-state index in [0.717, 1.165) is 0 Å². The monoisotopic (exact) mass is 241 g/mol. The number of rotatable bonds is 6. The van der Waals surface area contributed by atoms with E-state index >= 15 is 0 Å². The molecule has 0 spiro atoms. The summed E-state index contributed by atoms with van der Waals surface area (Å²) in [6, 6.07) is 1.54. The Bertz CT molecular complexity index is 457. The quantitative estimate of drug-likeness (QED) is 0.728. The Morgan fingerprint density at radius 1 is 1.50 bits per heavy atom. The van der Waals surface area contributed by atoms with Gasteiger partial charge in [0.25, 0.3) is 0 Å². The fourth-order valence-corrected chi connectivity index (χ4v) is 2.10. The van der Waals surface area contributed by atoms with Gasteiger partial charge in [-0.25, -0.2) is 13.1 Å². The highest BCUT2D eigenvalue weighted by atomic mass is 32.2. The molecule has 1 heterocycles. The van der Waals surface area contributed by atoms with Crippen molar-refractivity contribution in [2.45, 2.75) is 11.8 Å². The van der Waals surface area contributed by atoms with E-state index in [1.54, 1.807) is 12.3 Å². The van der Waals surface area contributed by atoms with Gasteiger partial charge in [-0.15, -0.1) is 6.58 Å². The molecule has 0 bridgehead atoms. The van der Waals surface area contributed by atoms with Crippen LogP contribution in [0.25, 0.3) is 0 Å². The van der Waals surface area contributed by atoms with Gasteiger partial charge in [0.05, 0.1) is 11.9 Å². The highest BCUT2D eigenvalue weighted by Crippen LogP contribution is 2.12. The SMILES string of the molecule is C=CCNS(=O)(=O)c1cncc(NCC)c1. The van der Waals surface area contributed by atoms with Crippen LogP contribution in [0.4, 0.5) is 5.69 Å². The van der Waals surface area contributed by atoms with Crippen molar-refractivity contribution in [2.24, 2.45) is 0 Å². The summed E-state index contributed by atoms with van der Waals surface area (Å²) in [4.78, 5) is 4.02. The van der Waals surface area contributed by atoms with Crippen molar-refractivity contribution >= 4 is 15.7 Å². The Kier molecular flexibility index (Phi) is 4.45. The summed E-state index contributed by atoms with van der Waals surface area (Å²) in [6.45, 7) is 6.29. The summed E-state index contributed by atoms with van der Waals surface area (Å²) in [5.41, 5.74) is 0.684. The number of hydrogen-bond acceptors (Lipinski definition) is 4. The standard InChI is InChI=1S/C10H15N3O2S/c1-3-5-13-16(14,15)10-6-9(12-4-2)7-11-8-10/h3,6-8,12-13H,1,4-5H2,2H3. The number of pyridine rings is 1. The molecule has 6 heteroatoms. The Balaban J connectivity index is 2.94. The zero-order chi connectivity index (χ0) is 12.0. The zero-order valence-corrected chi connectivity index (χ0v) is 9.92. The molecule has 0 fully saturated rings. The Labute approximate surface area is 95.6 Å². The molecular weight excluding hydrogens is 226 g/mol. The molecule has 0 amide bonds. The molecule has 0 aromatic carbocycles. The maximum absolute atomic E-state index is 11.7. The van der Waals surface area contributed by atoms with E-state index in [1.807, 2.05) is 6.92 Å². The van der Waals surface area contributed by atoms with Gasteiger partial charge in [0.2, 0.25) is 10.0 Å². The van der Waals surface area contributed by atoms with Crippen LogP contribution in [0.3, 0.4) is 0 Å². The average molecular weight is 241 g/mol. The molecule has 5 nitrogen and oxygen atoms in total. The van der Waals surface area contributed by atoms with Crippen molar-refractivity contribution in [1.82, 2.24) is 9.71 Å². The maximum atomic E-state index is 11.7. The average Bonchev–Trinajstić information content (AvgIpc) is 2.27. The first kappa shape index (κ1) is 12.7. The number of aromatic nitrogens is 1. The Morgan fingerprint density at radius 3 is 2.88 bits per heavy atom. The van der Waals surface area contributed by atoms with E-state index in [-0.39, 0.29) is 11.4 Å². The van der Waals surface area contributed by atoms with Gasteiger partial charge < -0.3 is 5.32 Å². The molecular formula is C10H15N3O2S. The van der Waals surface area contributed by atoms with Crippen molar-refractivity contribution < 1.29 is 8.42 Å². The van der Waals surface area contributed by atoms with Crippen LogP contribution in [0.5, 0.6) is 0 Å². The van der Waals surface area contributed by atoms with Crippen LogP contribution in [-0.4, -0.2) is 26.5 Å². The molecule has 0 saturated heterocycles. The van der Waals surface area contributed by atoms with Crippen molar-refractivity contribution in [2.75, 3.05) is 18.4 Å². The fraction of sp³-hybridized carbons (Fsp3) is 0.300. The summed E-state index contributed by atoms with van der Waals surface area (Å²) in [5, 5.41) is 3.00. The molecule has 0 aliphatic rings. The van der Waals surface area contributed by atoms with Crippen LogP contribution in [0.1, 0.15) is 6.92 Å². The zero-order valence-electron chi connectivity index (χ0n) is 9.10. The molecule has 2 N–H and O–H groups in total. The lowest BCUT2D eigenvalue weighted by Crippen LogP contribution is -2.23. The summed E-state index contributed by atoms with van der Waals surface area (Å²) in [5.74, 6) is 0. The van der Waals surface area contributed by atoms with Gasteiger partial charge in [0.15, 0.2) is 0 Å². The first-order valence-electron chi connectivity index (χ1n) is 4.89. The minimum Gasteiger partial charge on any atom is -0.384 e. The summed E-state index contributed by atoms with van der Waals surface area (Å²) in [6.07, 6.45) is 4.38. The highest BCUT2D eigenvalue weighted by Gasteiger charge is 2.13. The third-order valence-electron chi connectivity index (χ3n) is 1.82. The first-order chi connectivity index (χ1) is 7.60. The predicted molar refractivity (Wildman–Crippen MR) is 63.8 cm³/mol. The second-order valence-corrected chi connectivity index (χ2v) is 4.85. The van der Waals surface area contributed by atoms with E-state index < -0.39 is 10.0 Å². The minimum absolute atomic E-state index is 0.146. The Hall–Kier alpha value is -1.40. The molecule has 88 valence electrons. The molecule has 16 heavy (non-hydrogen) atoms. The minimum atomic E-state index is -3.49. The smallest absolute Gasteiger partial charge is 0.242 e. The van der Waals surface area contributed by atoms with Crippen LogP contribution in [0.15, 0.2) is 36.0 Å². The lowest BCUT2D eigenvalue weighted by molar-refractivity contribution is 0.585. The highest BCUT2D eigenvalue weighted by molar-refractivity contribution is 7.89. The molecule has 1 aromatic rings. The number of sulfonamides is 1. The first-order valence-corrected chi connectivity index (χ1v) is 6.38. The summed E-state index contributed by atoms with van der Waals surface area (Å²) in [7, 11) is -3.49. The largest absolute Gasteiger partial charge is 0.384 e. The van der Waals surface area contributed by atoms with Crippen LogP contribution in [-0.2, 0) is 10.0 Å². The van der Waals surface area contributed by atoms with Gasteiger partial charge in [-0.05, 0) is 13.0 Å². The lowest BCUT2D eigenvalue weighted by Gasteiger charge is -2.07. The van der Waals surface area contributed by atoms with Crippen molar-refractivity contribution in [3.63, 3.8) is 0 Å². The number of hydrogen-bond donors (Lipinski definition) is 2. The van der Waals surface area contributed by atoms with Gasteiger partial charge in [0.1, 0.15) is 4.90 Å². The van der Waals surface area contributed by atoms with Crippen molar-refractivity contribution in [3.05, 3.63) is 31.1 Å². The fourth-order valence-electron chi connectivity index (χ4n) is 1.12. The topological polar surface area (TPSA) is 71.1 Å². The van der Waals surface area contributed by atoms with E-state index in [9.17, 15) is 8.42 Å². The normalized spacial score (nSPS) is 11.1. The van der Waals surface area contributed by atoms with Gasteiger partial charge >= 0.3 is 0 Å². The van der Waals surface area contributed by atoms with E-state index in [0.29, 0.717) is 12.2 Å². The van der Waals surface area contributed by atoms with Crippen LogP contribution in [0.2, 0.25) is 0 Å². The van der Waals surface area contributed by atoms with Gasteiger partial charge in [0, 0.05) is 19.3 Å². The van der Waals surface area contributed by atoms with Crippen LogP contribution in [0, 0.1) is 0 Å². The summed E-state index contributed by atoms with van der Waals surface area (Å²) >= 11 is 0.